The molecule has 0 aliphatic carbocycles. The minimum absolute atomic E-state index is 0.0199. The van der Waals surface area contributed by atoms with Crippen molar-refractivity contribution < 1.29 is 18.3 Å². The Balaban J connectivity index is 1.46. The quantitative estimate of drug-likeness (QED) is 0.435. The molecule has 9 heteroatoms. The molecule has 5 rings (SSSR count). The van der Waals surface area contributed by atoms with Crippen LogP contribution in [-0.4, -0.2) is 35.1 Å². The molecule has 0 unspecified atom stereocenters. The minimum Gasteiger partial charge on any atom is -0.381 e. The maximum absolute atomic E-state index is 14.9. The highest BCUT2D eigenvalue weighted by Crippen LogP contribution is 2.30. The average Bonchev–Trinajstić information content (AvgIpc) is 3.48. The Kier molecular flexibility index (Phi) is 5.95. The fourth-order valence-electron chi connectivity index (χ4n) is 3.84. The number of hydrogen-bond acceptors (Lipinski definition) is 6. The number of nitrogens with zero attached hydrogens (tertiary/aromatic N) is 2. The number of amides is 1. The summed E-state index contributed by atoms with van der Waals surface area (Å²) in [5, 5.41) is 6.60. The summed E-state index contributed by atoms with van der Waals surface area (Å²) in [6.45, 7) is 1.23. The minimum atomic E-state index is -0.636. The van der Waals surface area contributed by atoms with Gasteiger partial charge in [-0.15, -0.1) is 22.7 Å². The van der Waals surface area contributed by atoms with Gasteiger partial charge in [-0.2, -0.15) is 0 Å². The highest BCUT2D eigenvalue weighted by atomic mass is 32.1. The van der Waals surface area contributed by atoms with Gasteiger partial charge in [0.25, 0.3) is 5.91 Å². The van der Waals surface area contributed by atoms with Crippen molar-refractivity contribution in [2.45, 2.75) is 25.3 Å². The number of halogens is 2. The monoisotopic (exact) mass is 471 g/mol. The molecule has 5 nitrogen and oxygen atoms in total. The molecule has 1 saturated heterocycles. The molecule has 0 saturated carbocycles. The number of thiophene rings is 1. The maximum Gasteiger partial charge on any atom is 0.270 e. The maximum atomic E-state index is 14.9. The number of fused-ring (bicyclic) bond motifs is 1. The number of rotatable bonds is 5. The van der Waals surface area contributed by atoms with Crippen LogP contribution in [0.5, 0.6) is 0 Å². The van der Waals surface area contributed by atoms with Gasteiger partial charge in [0.15, 0.2) is 0 Å². The fraction of sp³-hybridized carbons (Fsp3) is 0.261. The molecular formula is C23H19F2N3O2S2. The summed E-state index contributed by atoms with van der Waals surface area (Å²) >= 11 is 2.80. The number of nitrogens with one attached hydrogen (secondary N) is 1. The van der Waals surface area contributed by atoms with Gasteiger partial charge in [0.2, 0.25) is 0 Å². The first-order valence-electron chi connectivity index (χ1n) is 10.2. The van der Waals surface area contributed by atoms with E-state index in [1.54, 1.807) is 17.0 Å². The molecule has 0 atom stereocenters. The Labute approximate surface area is 191 Å². The lowest BCUT2D eigenvalue weighted by molar-refractivity contribution is 0.0694. The summed E-state index contributed by atoms with van der Waals surface area (Å²) in [5.41, 5.74) is 4.08. The van der Waals surface area contributed by atoms with Crippen molar-refractivity contribution in [3.05, 3.63) is 69.0 Å². The van der Waals surface area contributed by atoms with Crippen LogP contribution in [0.4, 0.5) is 8.78 Å². The van der Waals surface area contributed by atoms with Gasteiger partial charge in [-0.1, -0.05) is 0 Å². The van der Waals surface area contributed by atoms with Crippen LogP contribution in [-0.2, 0) is 11.2 Å². The molecule has 1 N–H and O–H groups in total. The second kappa shape index (κ2) is 9.01. The number of pyridine rings is 1. The van der Waals surface area contributed by atoms with Gasteiger partial charge in [-0.25, -0.2) is 18.7 Å². The van der Waals surface area contributed by atoms with Gasteiger partial charge in [0.1, 0.15) is 17.3 Å². The van der Waals surface area contributed by atoms with E-state index in [2.05, 4.69) is 15.3 Å². The molecule has 1 aliphatic heterocycles. The van der Waals surface area contributed by atoms with Crippen LogP contribution in [0.25, 0.3) is 21.5 Å². The summed E-state index contributed by atoms with van der Waals surface area (Å²) in [6.07, 6.45) is 1.52. The number of hydrogen-bond donors (Lipinski definition) is 1. The standard InChI is InChI=1S/C23H19F2N3O2S2/c24-17-8-13(21-11-31-12-26-21)9-18(25)16(17)7-14-10-20(28-19-3-6-32-22(14)19)23(29)27-15-1-4-30-5-2-15/h3,6,8-12,15H,1-2,4-5,7H2,(H,27,29). The van der Waals surface area contributed by atoms with Crippen molar-refractivity contribution in [3.63, 3.8) is 0 Å². The highest BCUT2D eigenvalue weighted by molar-refractivity contribution is 7.17. The van der Waals surface area contributed by atoms with Crippen LogP contribution in [0, 0.1) is 11.6 Å². The lowest BCUT2D eigenvalue weighted by Crippen LogP contribution is -2.39. The van der Waals surface area contributed by atoms with Gasteiger partial charge >= 0.3 is 0 Å². The van der Waals surface area contributed by atoms with E-state index >= 15 is 0 Å². The van der Waals surface area contributed by atoms with E-state index in [-0.39, 0.29) is 29.6 Å². The van der Waals surface area contributed by atoms with Gasteiger partial charge in [0.05, 0.1) is 21.4 Å². The normalized spacial score (nSPS) is 14.7. The first-order valence-corrected chi connectivity index (χ1v) is 12.0. The van der Waals surface area contributed by atoms with Gasteiger partial charge < -0.3 is 10.1 Å². The molecule has 0 spiro atoms. The molecule has 1 fully saturated rings. The smallest absolute Gasteiger partial charge is 0.270 e. The molecule has 1 aliphatic rings. The first-order chi connectivity index (χ1) is 15.6. The number of aromatic nitrogens is 2. The van der Waals surface area contributed by atoms with Crippen LogP contribution in [0.2, 0.25) is 0 Å². The van der Waals surface area contributed by atoms with Crippen LogP contribution in [0.15, 0.2) is 40.5 Å². The predicted octanol–water partition coefficient (Wildman–Crippen LogP) is 5.20. The summed E-state index contributed by atoms with van der Waals surface area (Å²) in [6, 6.07) is 6.10. The van der Waals surface area contributed by atoms with E-state index in [1.165, 1.54) is 34.8 Å². The van der Waals surface area contributed by atoms with Crippen LogP contribution in [0.1, 0.15) is 34.5 Å². The average molecular weight is 472 g/mol. The summed E-state index contributed by atoms with van der Waals surface area (Å²) in [5.74, 6) is -1.56. The van der Waals surface area contributed by atoms with E-state index in [0.29, 0.717) is 35.6 Å². The highest BCUT2D eigenvalue weighted by Gasteiger charge is 2.21. The largest absolute Gasteiger partial charge is 0.381 e. The van der Waals surface area contributed by atoms with Crippen molar-refractivity contribution in [2.75, 3.05) is 13.2 Å². The molecule has 3 aromatic heterocycles. The number of carbonyl (C=O) groups excluding carboxylic acids is 1. The molecule has 1 aromatic carbocycles. The third-order valence-electron chi connectivity index (χ3n) is 5.51. The van der Waals surface area contributed by atoms with Crippen molar-refractivity contribution >= 4 is 38.8 Å². The molecule has 164 valence electrons. The SMILES string of the molecule is O=C(NC1CCOCC1)c1cc(Cc2c(F)cc(-c3cscn3)cc2F)c2sccc2n1. The fourth-order valence-corrected chi connectivity index (χ4v) is 5.25. The number of benzene rings is 1. The number of carbonyl (C=O) groups is 1. The van der Waals surface area contributed by atoms with E-state index in [0.717, 1.165) is 17.5 Å². The van der Waals surface area contributed by atoms with E-state index in [1.807, 2.05) is 11.4 Å². The molecule has 1 amide bonds. The van der Waals surface area contributed by atoms with Crippen molar-refractivity contribution in [1.29, 1.82) is 0 Å². The predicted molar refractivity (Wildman–Crippen MR) is 121 cm³/mol. The Morgan fingerprint density at radius 2 is 1.97 bits per heavy atom. The zero-order chi connectivity index (χ0) is 22.1. The Morgan fingerprint density at radius 1 is 1.19 bits per heavy atom. The Bertz CT molecular complexity index is 1240. The molecular weight excluding hydrogens is 452 g/mol. The third-order valence-corrected chi connectivity index (χ3v) is 7.08. The number of ether oxygens (including phenoxy) is 1. The summed E-state index contributed by atoms with van der Waals surface area (Å²) in [4.78, 5) is 21.4. The molecule has 4 aromatic rings. The van der Waals surface area contributed by atoms with Crippen LogP contribution >= 0.6 is 22.7 Å². The van der Waals surface area contributed by atoms with Gasteiger partial charge in [-0.3, -0.25) is 4.79 Å². The van der Waals surface area contributed by atoms with E-state index in [4.69, 9.17) is 4.74 Å². The topological polar surface area (TPSA) is 64.1 Å². The molecule has 32 heavy (non-hydrogen) atoms. The second-order valence-corrected chi connectivity index (χ2v) is 9.27. The second-order valence-electron chi connectivity index (χ2n) is 7.63. The van der Waals surface area contributed by atoms with E-state index in [9.17, 15) is 13.6 Å². The molecule has 4 heterocycles. The zero-order valence-electron chi connectivity index (χ0n) is 16.9. The van der Waals surface area contributed by atoms with Crippen molar-refractivity contribution in [3.8, 4) is 11.3 Å². The van der Waals surface area contributed by atoms with E-state index < -0.39 is 11.6 Å². The van der Waals surface area contributed by atoms with Crippen molar-refractivity contribution in [1.82, 2.24) is 15.3 Å². The van der Waals surface area contributed by atoms with Crippen LogP contribution in [0.3, 0.4) is 0 Å². The number of thiazole rings is 1. The van der Waals surface area contributed by atoms with Crippen molar-refractivity contribution in [2.24, 2.45) is 0 Å². The molecule has 0 bridgehead atoms. The summed E-state index contributed by atoms with van der Waals surface area (Å²) in [7, 11) is 0. The molecule has 0 radical (unpaired) electrons. The lowest BCUT2D eigenvalue weighted by Gasteiger charge is -2.23. The van der Waals surface area contributed by atoms with Gasteiger partial charge in [0, 0.05) is 42.2 Å². The third kappa shape index (κ3) is 4.28. The summed E-state index contributed by atoms with van der Waals surface area (Å²) < 4.78 is 36.0. The zero-order valence-corrected chi connectivity index (χ0v) is 18.6. The Morgan fingerprint density at radius 3 is 2.69 bits per heavy atom. The lowest BCUT2D eigenvalue weighted by atomic mass is 10.0. The van der Waals surface area contributed by atoms with Crippen LogP contribution < -0.4 is 5.32 Å². The first kappa shape index (κ1) is 21.1. The Hall–Kier alpha value is -2.75. The van der Waals surface area contributed by atoms with Gasteiger partial charge in [-0.05, 0) is 48.1 Å².